The van der Waals surface area contributed by atoms with E-state index in [0.29, 0.717) is 29.5 Å². The third-order valence-electron chi connectivity index (χ3n) is 6.06. The minimum atomic E-state index is -0.539. The summed E-state index contributed by atoms with van der Waals surface area (Å²) in [6.07, 6.45) is 5.12. The fraction of sp³-hybridized carbons (Fsp3) is 0.400. The first-order valence-corrected chi connectivity index (χ1v) is 11.5. The Balaban J connectivity index is 1.72. The molecule has 0 spiro atoms. The Morgan fingerprint density at radius 2 is 2.12 bits per heavy atom. The summed E-state index contributed by atoms with van der Waals surface area (Å²) in [6, 6.07) is 7.33. The summed E-state index contributed by atoms with van der Waals surface area (Å²) in [5.74, 6) is 0.452. The number of benzene rings is 1. The van der Waals surface area contributed by atoms with Crippen molar-refractivity contribution in [2.24, 2.45) is 10.9 Å². The van der Waals surface area contributed by atoms with Crippen molar-refractivity contribution in [1.29, 1.82) is 0 Å². The van der Waals surface area contributed by atoms with E-state index in [1.165, 1.54) is 24.3 Å². The number of aliphatic hydroxyl groups excluding tert-OH is 1. The number of imidazole rings is 1. The first kappa shape index (κ1) is 23.7. The topological polar surface area (TPSA) is 102 Å². The van der Waals surface area contributed by atoms with Crippen molar-refractivity contribution in [3.63, 3.8) is 0 Å². The highest BCUT2D eigenvalue weighted by atomic mass is 19.1. The van der Waals surface area contributed by atoms with Crippen LogP contribution in [-0.4, -0.2) is 45.4 Å². The van der Waals surface area contributed by atoms with E-state index in [9.17, 15) is 9.18 Å². The molecule has 0 atom stereocenters. The summed E-state index contributed by atoms with van der Waals surface area (Å²) < 4.78 is 26.8. The van der Waals surface area contributed by atoms with Crippen LogP contribution in [-0.2, 0) is 4.74 Å². The molecular weight excluding hydrogens is 439 g/mol. The van der Waals surface area contributed by atoms with Crippen LogP contribution >= 0.6 is 0 Å². The molecule has 2 heterocycles. The zero-order chi connectivity index (χ0) is 24.1. The van der Waals surface area contributed by atoms with Crippen LogP contribution < -0.4 is 10.4 Å². The molecule has 0 radical (unpaired) electrons. The number of hydrogen-bond acceptors (Lipinski definition) is 5. The number of nitrogens with zero attached hydrogens (tertiary/aromatic N) is 3. The highest BCUT2D eigenvalue weighted by Crippen LogP contribution is 2.36. The molecule has 0 unspecified atom stereocenters. The number of hydrogen-bond donors (Lipinski definition) is 2. The van der Waals surface area contributed by atoms with E-state index < -0.39 is 11.7 Å². The Hall–Kier alpha value is -3.46. The fourth-order valence-electron chi connectivity index (χ4n) is 4.44. The number of H-pyrrole nitrogens is 1. The maximum absolute atomic E-state index is 13.6. The molecule has 0 saturated heterocycles. The molecule has 9 heteroatoms. The molecule has 3 aromatic rings. The zero-order valence-electron chi connectivity index (χ0n) is 19.2. The molecule has 0 aliphatic heterocycles. The quantitative estimate of drug-likeness (QED) is 0.489. The minimum absolute atomic E-state index is 0.0755. The van der Waals surface area contributed by atoms with E-state index in [1.54, 1.807) is 12.3 Å². The summed E-state index contributed by atoms with van der Waals surface area (Å²) in [7, 11) is 0. The predicted octanol–water partition coefficient (Wildman–Crippen LogP) is 3.90. The normalized spacial score (nSPS) is 18.7. The number of ether oxygens (including phenoxy) is 2. The Morgan fingerprint density at radius 3 is 2.82 bits per heavy atom. The maximum atomic E-state index is 13.6. The van der Waals surface area contributed by atoms with E-state index in [1.807, 2.05) is 11.5 Å². The van der Waals surface area contributed by atoms with E-state index >= 15 is 0 Å². The smallest absolute Gasteiger partial charge is 0.280 e. The molecule has 0 bridgehead atoms. The van der Waals surface area contributed by atoms with E-state index in [0.717, 1.165) is 37.0 Å². The summed E-state index contributed by atoms with van der Waals surface area (Å²) in [6.45, 7) is 6.63. The number of pyridine rings is 1. The van der Waals surface area contributed by atoms with Crippen molar-refractivity contribution < 1.29 is 23.8 Å². The van der Waals surface area contributed by atoms with Crippen LogP contribution in [0.3, 0.4) is 0 Å². The number of carbonyl (C=O) groups is 1. The van der Waals surface area contributed by atoms with Gasteiger partial charge in [0.2, 0.25) is 11.5 Å². The second kappa shape index (κ2) is 10.6. The van der Waals surface area contributed by atoms with E-state index in [4.69, 9.17) is 14.6 Å². The lowest BCUT2D eigenvalue weighted by Crippen LogP contribution is -2.28. The first-order chi connectivity index (χ1) is 16.5. The van der Waals surface area contributed by atoms with Crippen LogP contribution in [0.4, 0.5) is 4.39 Å². The molecule has 1 aromatic carbocycles. The van der Waals surface area contributed by atoms with Crippen LogP contribution in [0.25, 0.3) is 11.0 Å². The predicted molar refractivity (Wildman–Crippen MR) is 125 cm³/mol. The van der Waals surface area contributed by atoms with Gasteiger partial charge in [0.25, 0.3) is 5.91 Å². The molecule has 34 heavy (non-hydrogen) atoms. The summed E-state index contributed by atoms with van der Waals surface area (Å²) in [4.78, 5) is 24.6. The third kappa shape index (κ3) is 5.20. The van der Waals surface area contributed by atoms with Crippen LogP contribution in [0, 0.1) is 11.7 Å². The van der Waals surface area contributed by atoms with Gasteiger partial charge < -0.3 is 24.1 Å². The molecule has 1 fully saturated rings. The Kier molecular flexibility index (Phi) is 7.42. The molecule has 8 nitrogen and oxygen atoms in total. The van der Waals surface area contributed by atoms with E-state index in [-0.39, 0.29) is 24.8 Å². The standard InChI is InChI=1S/C25H29FN4O4/c1-3-33-16(2)17-7-9-20(10-8-17)30-22-14-23(34-12-11-31)27-15-21(22)28-25(30)29-24(32)18-5-4-6-19(26)13-18/h4-6,13-15,17,20,31H,2-3,7-12H2,1H3,(H,28,29,32)/t17-,20+. The average Bonchev–Trinajstić information content (AvgIpc) is 3.20. The number of nitrogens with one attached hydrogen (secondary N) is 1. The lowest BCUT2D eigenvalue weighted by atomic mass is 9.85. The number of allylic oxidation sites excluding steroid dienone is 1. The van der Waals surface area contributed by atoms with Crippen molar-refractivity contribution in [2.45, 2.75) is 38.6 Å². The molecule has 1 amide bonds. The lowest BCUT2D eigenvalue weighted by molar-refractivity contribution is 0.0995. The van der Waals surface area contributed by atoms with Crippen molar-refractivity contribution >= 4 is 16.9 Å². The highest BCUT2D eigenvalue weighted by Gasteiger charge is 2.27. The molecule has 1 saturated carbocycles. The van der Waals surface area contributed by atoms with Crippen molar-refractivity contribution in [2.75, 3.05) is 19.8 Å². The number of carbonyl (C=O) groups excluding carboxylic acids is 1. The van der Waals surface area contributed by atoms with Crippen LogP contribution in [0.5, 0.6) is 5.88 Å². The monoisotopic (exact) mass is 468 g/mol. The number of amides is 1. The summed E-state index contributed by atoms with van der Waals surface area (Å²) >= 11 is 0. The summed E-state index contributed by atoms with van der Waals surface area (Å²) in [5.41, 5.74) is 2.04. The van der Waals surface area contributed by atoms with Gasteiger partial charge in [-0.05, 0) is 50.8 Å². The molecule has 2 N–H and O–H groups in total. The fourth-order valence-corrected chi connectivity index (χ4v) is 4.44. The molecule has 2 aromatic heterocycles. The number of rotatable bonds is 8. The van der Waals surface area contributed by atoms with Gasteiger partial charge in [0.1, 0.15) is 12.4 Å². The number of fused-ring (bicyclic) bond motifs is 1. The molecule has 1 aliphatic carbocycles. The highest BCUT2D eigenvalue weighted by molar-refractivity contribution is 5.95. The number of aromatic nitrogens is 3. The SMILES string of the molecule is C=C(OCC)[C@H]1CC[C@@H](n2/c(=N/C(=O)c3cccc(F)c3)[nH]c3cnc(OCCO)cc32)CC1. The first-order valence-electron chi connectivity index (χ1n) is 11.5. The van der Waals surface area contributed by atoms with Crippen molar-refractivity contribution in [3.05, 3.63) is 65.9 Å². The molecule has 180 valence electrons. The van der Waals surface area contributed by atoms with Crippen LogP contribution in [0.15, 0.2) is 53.9 Å². The lowest BCUT2D eigenvalue weighted by Gasteiger charge is -2.30. The van der Waals surface area contributed by atoms with Crippen molar-refractivity contribution in [3.8, 4) is 5.88 Å². The van der Waals surface area contributed by atoms with Gasteiger partial charge in [0.05, 0.1) is 36.2 Å². The second-order valence-corrected chi connectivity index (χ2v) is 8.26. The van der Waals surface area contributed by atoms with Gasteiger partial charge in [-0.1, -0.05) is 12.6 Å². The van der Waals surface area contributed by atoms with Gasteiger partial charge in [0, 0.05) is 23.6 Å². The van der Waals surface area contributed by atoms with Gasteiger partial charge in [-0.2, -0.15) is 4.99 Å². The van der Waals surface area contributed by atoms with E-state index in [2.05, 4.69) is 21.5 Å². The second-order valence-electron chi connectivity index (χ2n) is 8.26. The Bertz CT molecular complexity index is 1240. The molecule has 4 rings (SSSR count). The Labute approximate surface area is 196 Å². The largest absolute Gasteiger partial charge is 0.499 e. The van der Waals surface area contributed by atoms with Gasteiger partial charge in [-0.3, -0.25) is 4.79 Å². The van der Waals surface area contributed by atoms with Gasteiger partial charge in [-0.15, -0.1) is 0 Å². The van der Waals surface area contributed by atoms with Gasteiger partial charge in [0.15, 0.2) is 0 Å². The zero-order valence-corrected chi connectivity index (χ0v) is 19.2. The molecule has 1 aliphatic rings. The van der Waals surface area contributed by atoms with Gasteiger partial charge in [-0.25, -0.2) is 9.37 Å². The minimum Gasteiger partial charge on any atom is -0.499 e. The number of halogens is 1. The number of aliphatic hydroxyl groups is 1. The maximum Gasteiger partial charge on any atom is 0.280 e. The molecular formula is C25H29FN4O4. The van der Waals surface area contributed by atoms with Crippen LogP contribution in [0.1, 0.15) is 49.0 Å². The Morgan fingerprint density at radius 1 is 1.32 bits per heavy atom. The summed E-state index contributed by atoms with van der Waals surface area (Å²) in [5, 5.41) is 9.08. The van der Waals surface area contributed by atoms with Crippen molar-refractivity contribution in [1.82, 2.24) is 14.5 Å². The van der Waals surface area contributed by atoms with Gasteiger partial charge >= 0.3 is 0 Å². The van der Waals surface area contributed by atoms with Crippen LogP contribution in [0.2, 0.25) is 0 Å². The third-order valence-corrected chi connectivity index (χ3v) is 6.06. The average molecular weight is 469 g/mol. The number of aromatic amines is 1.